The first-order valence-corrected chi connectivity index (χ1v) is 8.43. The molecule has 2 unspecified atom stereocenters. The Labute approximate surface area is 142 Å². The van der Waals surface area contributed by atoms with E-state index in [1.807, 2.05) is 36.5 Å². The minimum atomic E-state index is -0.365. The van der Waals surface area contributed by atoms with Crippen molar-refractivity contribution in [1.29, 1.82) is 0 Å². The van der Waals surface area contributed by atoms with E-state index in [0.29, 0.717) is 13.1 Å². The number of urea groups is 1. The highest BCUT2D eigenvalue weighted by atomic mass is 16.3. The summed E-state index contributed by atoms with van der Waals surface area (Å²) in [6.45, 7) is 3.68. The van der Waals surface area contributed by atoms with Crippen molar-refractivity contribution in [3.8, 4) is 5.69 Å². The SMILES string of the molecule is CC(O)C1CCCN(C(=O)NCc2ccc(-n3cccn3)cc2)C1. The molecule has 0 radical (unpaired) electrons. The van der Waals surface area contributed by atoms with Gasteiger partial charge in [0.2, 0.25) is 0 Å². The number of hydrogen-bond acceptors (Lipinski definition) is 3. The molecule has 0 bridgehead atoms. The highest BCUT2D eigenvalue weighted by Gasteiger charge is 2.26. The van der Waals surface area contributed by atoms with Crippen molar-refractivity contribution in [2.45, 2.75) is 32.4 Å². The quantitative estimate of drug-likeness (QED) is 0.904. The van der Waals surface area contributed by atoms with Gasteiger partial charge >= 0.3 is 6.03 Å². The van der Waals surface area contributed by atoms with E-state index in [0.717, 1.165) is 30.6 Å². The lowest BCUT2D eigenvalue weighted by molar-refractivity contribution is 0.0738. The number of piperidine rings is 1. The third-order valence-electron chi connectivity index (χ3n) is 4.58. The van der Waals surface area contributed by atoms with Crippen LogP contribution in [-0.2, 0) is 6.54 Å². The van der Waals surface area contributed by atoms with E-state index in [1.54, 1.807) is 22.7 Å². The van der Waals surface area contributed by atoms with E-state index >= 15 is 0 Å². The maximum atomic E-state index is 12.3. The summed E-state index contributed by atoms with van der Waals surface area (Å²) in [7, 11) is 0. The van der Waals surface area contributed by atoms with Gasteiger partial charge in [-0.1, -0.05) is 12.1 Å². The number of aromatic nitrogens is 2. The second-order valence-electron chi connectivity index (χ2n) is 6.36. The first kappa shape index (κ1) is 16.5. The van der Waals surface area contributed by atoms with E-state index in [2.05, 4.69) is 10.4 Å². The molecule has 0 aliphatic carbocycles. The molecule has 2 aromatic rings. The summed E-state index contributed by atoms with van der Waals surface area (Å²) < 4.78 is 1.80. The lowest BCUT2D eigenvalue weighted by Gasteiger charge is -2.34. The standard InChI is InChI=1S/C18H24N4O2/c1-14(23)16-4-2-10-21(13-16)18(24)19-12-15-5-7-17(8-6-15)22-11-3-9-20-22/h3,5-9,11,14,16,23H,2,4,10,12-13H2,1H3,(H,19,24). The van der Waals surface area contributed by atoms with Gasteiger partial charge in [0.1, 0.15) is 0 Å². The van der Waals surface area contributed by atoms with Gasteiger partial charge in [-0.25, -0.2) is 9.48 Å². The summed E-state index contributed by atoms with van der Waals surface area (Å²) in [5, 5.41) is 16.9. The van der Waals surface area contributed by atoms with Crippen LogP contribution >= 0.6 is 0 Å². The molecule has 128 valence electrons. The predicted octanol–water partition coefficient (Wildman–Crippen LogP) is 2.17. The van der Waals surface area contributed by atoms with E-state index in [9.17, 15) is 9.90 Å². The molecule has 0 saturated carbocycles. The zero-order valence-electron chi connectivity index (χ0n) is 13.9. The third-order valence-corrected chi connectivity index (χ3v) is 4.58. The van der Waals surface area contributed by atoms with Crippen LogP contribution in [-0.4, -0.2) is 45.0 Å². The van der Waals surface area contributed by atoms with Crippen molar-refractivity contribution < 1.29 is 9.90 Å². The molecule has 1 aliphatic rings. The van der Waals surface area contributed by atoms with E-state index < -0.39 is 0 Å². The number of rotatable bonds is 4. The van der Waals surface area contributed by atoms with Crippen LogP contribution in [0.3, 0.4) is 0 Å². The molecule has 2 atom stereocenters. The molecule has 0 spiro atoms. The molecule has 6 nitrogen and oxygen atoms in total. The number of aliphatic hydroxyl groups is 1. The molecular weight excluding hydrogens is 304 g/mol. The van der Waals surface area contributed by atoms with Gasteiger partial charge in [0, 0.05) is 37.9 Å². The van der Waals surface area contributed by atoms with Crippen molar-refractivity contribution in [3.63, 3.8) is 0 Å². The Morgan fingerprint density at radius 1 is 1.42 bits per heavy atom. The zero-order valence-corrected chi connectivity index (χ0v) is 13.9. The molecular formula is C18H24N4O2. The van der Waals surface area contributed by atoms with Crippen molar-refractivity contribution in [1.82, 2.24) is 20.0 Å². The number of amides is 2. The van der Waals surface area contributed by atoms with Crippen molar-refractivity contribution in [2.75, 3.05) is 13.1 Å². The first-order valence-electron chi connectivity index (χ1n) is 8.43. The number of carbonyl (C=O) groups excluding carboxylic acids is 1. The van der Waals surface area contributed by atoms with Crippen molar-refractivity contribution in [2.24, 2.45) is 5.92 Å². The fourth-order valence-electron chi connectivity index (χ4n) is 3.07. The summed E-state index contributed by atoms with van der Waals surface area (Å²) in [6, 6.07) is 9.78. The van der Waals surface area contributed by atoms with Gasteiger partial charge in [0.05, 0.1) is 11.8 Å². The first-order chi connectivity index (χ1) is 11.6. The zero-order chi connectivity index (χ0) is 16.9. The van der Waals surface area contributed by atoms with Crippen LogP contribution < -0.4 is 5.32 Å². The van der Waals surface area contributed by atoms with E-state index in [1.165, 1.54) is 0 Å². The molecule has 2 amide bonds. The van der Waals surface area contributed by atoms with Crippen LogP contribution in [0.25, 0.3) is 5.69 Å². The number of nitrogens with one attached hydrogen (secondary N) is 1. The second-order valence-corrected chi connectivity index (χ2v) is 6.36. The van der Waals surface area contributed by atoms with Crippen LogP contribution in [0.5, 0.6) is 0 Å². The summed E-state index contributed by atoms with van der Waals surface area (Å²) in [4.78, 5) is 14.1. The molecule has 1 aromatic carbocycles. The molecule has 3 rings (SSSR count). The van der Waals surface area contributed by atoms with Gasteiger partial charge in [0.25, 0.3) is 0 Å². The minimum Gasteiger partial charge on any atom is -0.393 e. The number of hydrogen-bond donors (Lipinski definition) is 2. The molecule has 24 heavy (non-hydrogen) atoms. The summed E-state index contributed by atoms with van der Waals surface area (Å²) in [6.07, 6.45) is 5.20. The van der Waals surface area contributed by atoms with Gasteiger partial charge in [-0.15, -0.1) is 0 Å². The van der Waals surface area contributed by atoms with Gasteiger partial charge in [0.15, 0.2) is 0 Å². The number of benzene rings is 1. The molecule has 2 heterocycles. The normalized spacial score (nSPS) is 19.1. The van der Waals surface area contributed by atoms with Gasteiger partial charge < -0.3 is 15.3 Å². The molecule has 1 fully saturated rings. The van der Waals surface area contributed by atoms with Gasteiger partial charge in [-0.3, -0.25) is 0 Å². The number of likely N-dealkylation sites (tertiary alicyclic amines) is 1. The smallest absolute Gasteiger partial charge is 0.317 e. The number of carbonyl (C=O) groups is 1. The van der Waals surface area contributed by atoms with E-state index in [-0.39, 0.29) is 18.1 Å². The molecule has 6 heteroatoms. The Hall–Kier alpha value is -2.34. The van der Waals surface area contributed by atoms with Crippen molar-refractivity contribution >= 4 is 6.03 Å². The molecule has 1 aliphatic heterocycles. The predicted molar refractivity (Wildman–Crippen MR) is 91.8 cm³/mol. The molecule has 2 N–H and O–H groups in total. The highest BCUT2D eigenvalue weighted by molar-refractivity contribution is 5.74. The Balaban J connectivity index is 1.52. The molecule has 1 saturated heterocycles. The Morgan fingerprint density at radius 2 is 2.21 bits per heavy atom. The maximum Gasteiger partial charge on any atom is 0.317 e. The summed E-state index contributed by atoms with van der Waals surface area (Å²) in [5.74, 6) is 0.179. The number of aliphatic hydroxyl groups excluding tert-OH is 1. The third kappa shape index (κ3) is 3.94. The summed E-state index contributed by atoms with van der Waals surface area (Å²) in [5.41, 5.74) is 2.04. The van der Waals surface area contributed by atoms with E-state index in [4.69, 9.17) is 0 Å². The monoisotopic (exact) mass is 328 g/mol. The van der Waals surface area contributed by atoms with Crippen LogP contribution in [0.4, 0.5) is 4.79 Å². The Kier molecular flexibility index (Phi) is 5.15. The average molecular weight is 328 g/mol. The highest BCUT2D eigenvalue weighted by Crippen LogP contribution is 2.19. The summed E-state index contributed by atoms with van der Waals surface area (Å²) >= 11 is 0. The lowest BCUT2D eigenvalue weighted by Crippen LogP contribution is -2.47. The lowest BCUT2D eigenvalue weighted by atomic mass is 9.94. The van der Waals surface area contributed by atoms with Crippen molar-refractivity contribution in [3.05, 3.63) is 48.3 Å². The minimum absolute atomic E-state index is 0.0588. The van der Waals surface area contributed by atoms with Crippen LogP contribution in [0.15, 0.2) is 42.7 Å². The van der Waals surface area contributed by atoms with Gasteiger partial charge in [-0.05, 0) is 43.5 Å². The molecule has 1 aromatic heterocycles. The Bertz CT molecular complexity index is 652. The van der Waals surface area contributed by atoms with Gasteiger partial charge in [-0.2, -0.15) is 5.10 Å². The Morgan fingerprint density at radius 3 is 2.88 bits per heavy atom. The number of nitrogens with zero attached hydrogens (tertiary/aromatic N) is 3. The maximum absolute atomic E-state index is 12.3. The average Bonchev–Trinajstić information content (AvgIpc) is 3.15. The van der Waals surface area contributed by atoms with Crippen LogP contribution in [0.1, 0.15) is 25.3 Å². The fraction of sp³-hybridized carbons (Fsp3) is 0.444. The second kappa shape index (κ2) is 7.49. The van der Waals surface area contributed by atoms with Crippen LogP contribution in [0, 0.1) is 5.92 Å². The largest absolute Gasteiger partial charge is 0.393 e. The van der Waals surface area contributed by atoms with Crippen LogP contribution in [0.2, 0.25) is 0 Å². The fourth-order valence-corrected chi connectivity index (χ4v) is 3.07. The topological polar surface area (TPSA) is 70.4 Å².